The first-order valence-electron chi connectivity index (χ1n) is 8.22. The van der Waals surface area contributed by atoms with Crippen LogP contribution in [0.5, 0.6) is 0 Å². The standard InChI is InChI=1S/C16H24ClN5O3/c1-8-11(12(17)22-21-8)13(23)20-10-5-4-9(6-10)7-19-15(25)16(2,3)14(18)24/h9-10H,4-7H2,1-3H3,(H2,18,24)(H,19,25)(H,20,23)(H,21,22)/t9-,10+/m0/s1. The molecule has 2 atom stereocenters. The molecule has 1 aromatic rings. The molecule has 1 fully saturated rings. The maximum Gasteiger partial charge on any atom is 0.256 e. The molecule has 0 saturated heterocycles. The van der Waals surface area contributed by atoms with Gasteiger partial charge in [0.25, 0.3) is 5.91 Å². The Morgan fingerprint density at radius 3 is 2.60 bits per heavy atom. The number of nitrogens with one attached hydrogen (secondary N) is 3. The summed E-state index contributed by atoms with van der Waals surface area (Å²) in [4.78, 5) is 35.6. The van der Waals surface area contributed by atoms with Gasteiger partial charge in [0.1, 0.15) is 5.41 Å². The van der Waals surface area contributed by atoms with Crippen LogP contribution in [-0.2, 0) is 9.59 Å². The predicted octanol–water partition coefficient (Wildman–Crippen LogP) is 0.898. The monoisotopic (exact) mass is 369 g/mol. The lowest BCUT2D eigenvalue weighted by molar-refractivity contribution is -0.139. The lowest BCUT2D eigenvalue weighted by Gasteiger charge is -2.21. The number of aromatic nitrogens is 2. The van der Waals surface area contributed by atoms with Crippen LogP contribution in [0.15, 0.2) is 0 Å². The number of nitrogens with zero attached hydrogens (tertiary/aromatic N) is 1. The van der Waals surface area contributed by atoms with Gasteiger partial charge in [0, 0.05) is 18.3 Å². The molecule has 0 bridgehead atoms. The number of nitrogens with two attached hydrogens (primary N) is 1. The molecule has 3 amide bonds. The molecule has 0 unspecified atom stereocenters. The summed E-state index contributed by atoms with van der Waals surface area (Å²) in [6.07, 6.45) is 2.44. The summed E-state index contributed by atoms with van der Waals surface area (Å²) in [6, 6.07) is 0.0175. The number of primary amides is 1. The zero-order valence-electron chi connectivity index (χ0n) is 14.6. The fourth-order valence-electron chi connectivity index (χ4n) is 2.88. The number of aryl methyl sites for hydroxylation is 1. The fourth-order valence-corrected chi connectivity index (χ4v) is 3.15. The van der Waals surface area contributed by atoms with Gasteiger partial charge in [-0.3, -0.25) is 19.5 Å². The van der Waals surface area contributed by atoms with E-state index < -0.39 is 11.3 Å². The zero-order valence-corrected chi connectivity index (χ0v) is 15.4. The number of H-pyrrole nitrogens is 1. The summed E-state index contributed by atoms with van der Waals surface area (Å²) in [6.45, 7) is 5.19. The van der Waals surface area contributed by atoms with E-state index in [1.54, 1.807) is 6.92 Å². The summed E-state index contributed by atoms with van der Waals surface area (Å²) in [5, 5.41) is 12.4. The van der Waals surface area contributed by atoms with Crippen LogP contribution in [0, 0.1) is 18.3 Å². The Bertz CT molecular complexity index is 666. The number of halogens is 1. The van der Waals surface area contributed by atoms with Crippen LogP contribution in [0.2, 0.25) is 5.15 Å². The highest BCUT2D eigenvalue weighted by atomic mass is 35.5. The molecule has 9 heteroatoms. The van der Waals surface area contributed by atoms with Gasteiger partial charge in [0.15, 0.2) is 5.15 Å². The molecule has 138 valence electrons. The third-order valence-corrected chi connectivity index (χ3v) is 5.02. The van der Waals surface area contributed by atoms with Crippen molar-refractivity contribution in [3.63, 3.8) is 0 Å². The molecule has 1 heterocycles. The van der Waals surface area contributed by atoms with E-state index in [9.17, 15) is 14.4 Å². The largest absolute Gasteiger partial charge is 0.369 e. The molecule has 0 aliphatic heterocycles. The summed E-state index contributed by atoms with van der Waals surface area (Å²) in [7, 11) is 0. The van der Waals surface area contributed by atoms with Crippen molar-refractivity contribution in [2.75, 3.05) is 6.54 Å². The minimum absolute atomic E-state index is 0.0175. The van der Waals surface area contributed by atoms with Crippen LogP contribution in [0.3, 0.4) is 0 Å². The Morgan fingerprint density at radius 2 is 2.04 bits per heavy atom. The Labute approximate surface area is 151 Å². The Hall–Kier alpha value is -2.09. The molecule has 1 saturated carbocycles. The summed E-state index contributed by atoms with van der Waals surface area (Å²) >= 11 is 5.92. The van der Waals surface area contributed by atoms with Crippen LogP contribution >= 0.6 is 11.6 Å². The van der Waals surface area contributed by atoms with Gasteiger partial charge < -0.3 is 16.4 Å². The molecule has 0 radical (unpaired) electrons. The van der Waals surface area contributed by atoms with Crippen LogP contribution in [-0.4, -0.2) is 40.5 Å². The first kappa shape index (κ1) is 19.2. The molecule has 5 N–H and O–H groups in total. The number of carbonyl (C=O) groups is 3. The molecule has 0 aromatic carbocycles. The highest BCUT2D eigenvalue weighted by Crippen LogP contribution is 2.26. The van der Waals surface area contributed by atoms with Gasteiger partial charge in [-0.25, -0.2) is 0 Å². The first-order valence-corrected chi connectivity index (χ1v) is 8.60. The third-order valence-electron chi connectivity index (χ3n) is 4.74. The summed E-state index contributed by atoms with van der Waals surface area (Å²) < 4.78 is 0. The van der Waals surface area contributed by atoms with Crippen LogP contribution < -0.4 is 16.4 Å². The number of rotatable bonds is 6. The highest BCUT2D eigenvalue weighted by molar-refractivity contribution is 6.32. The van der Waals surface area contributed by atoms with Gasteiger partial charge in [-0.2, -0.15) is 5.10 Å². The Balaban J connectivity index is 1.83. The van der Waals surface area contributed by atoms with E-state index in [0.29, 0.717) is 17.8 Å². The summed E-state index contributed by atoms with van der Waals surface area (Å²) in [5.74, 6) is -1.05. The average Bonchev–Trinajstić information content (AvgIpc) is 3.11. The van der Waals surface area contributed by atoms with Crippen molar-refractivity contribution in [3.05, 3.63) is 16.4 Å². The first-order chi connectivity index (χ1) is 11.6. The van der Waals surface area contributed by atoms with Crippen LogP contribution in [0.1, 0.15) is 49.2 Å². The number of carbonyl (C=O) groups excluding carboxylic acids is 3. The normalized spacial score (nSPS) is 20.3. The van der Waals surface area contributed by atoms with Crippen molar-refractivity contribution in [1.82, 2.24) is 20.8 Å². The van der Waals surface area contributed by atoms with E-state index >= 15 is 0 Å². The second-order valence-electron chi connectivity index (χ2n) is 7.06. The van der Waals surface area contributed by atoms with Gasteiger partial charge in [0.05, 0.1) is 5.56 Å². The zero-order chi connectivity index (χ0) is 18.8. The van der Waals surface area contributed by atoms with Crippen LogP contribution in [0.4, 0.5) is 0 Å². The predicted molar refractivity (Wildman–Crippen MR) is 92.9 cm³/mol. The van der Waals surface area contributed by atoms with E-state index in [1.807, 2.05) is 0 Å². The van der Waals surface area contributed by atoms with E-state index in [4.69, 9.17) is 17.3 Å². The molecule has 8 nitrogen and oxygen atoms in total. The number of aromatic amines is 1. The highest BCUT2D eigenvalue weighted by Gasteiger charge is 2.35. The molecular formula is C16H24ClN5O3. The van der Waals surface area contributed by atoms with Crippen molar-refractivity contribution in [2.45, 2.75) is 46.1 Å². The van der Waals surface area contributed by atoms with Crippen molar-refractivity contribution in [2.24, 2.45) is 17.1 Å². The van der Waals surface area contributed by atoms with Gasteiger partial charge in [-0.05, 0) is 46.0 Å². The van der Waals surface area contributed by atoms with E-state index in [2.05, 4.69) is 20.8 Å². The number of hydrogen-bond acceptors (Lipinski definition) is 4. The average molecular weight is 370 g/mol. The van der Waals surface area contributed by atoms with Crippen molar-refractivity contribution < 1.29 is 14.4 Å². The van der Waals surface area contributed by atoms with Crippen molar-refractivity contribution >= 4 is 29.3 Å². The number of hydrogen-bond donors (Lipinski definition) is 4. The van der Waals surface area contributed by atoms with Gasteiger partial charge in [-0.15, -0.1) is 0 Å². The topological polar surface area (TPSA) is 130 Å². The maximum absolute atomic E-state index is 12.3. The molecular weight excluding hydrogens is 346 g/mol. The minimum Gasteiger partial charge on any atom is -0.369 e. The lowest BCUT2D eigenvalue weighted by atomic mass is 9.91. The minimum atomic E-state index is -1.23. The van der Waals surface area contributed by atoms with Crippen molar-refractivity contribution in [1.29, 1.82) is 0 Å². The molecule has 1 aliphatic carbocycles. The van der Waals surface area contributed by atoms with Gasteiger partial charge in [0.2, 0.25) is 11.8 Å². The smallest absolute Gasteiger partial charge is 0.256 e. The molecule has 1 aromatic heterocycles. The van der Waals surface area contributed by atoms with E-state index in [1.165, 1.54) is 13.8 Å². The second-order valence-corrected chi connectivity index (χ2v) is 7.42. The number of amides is 3. The Kier molecular flexibility index (Phi) is 5.72. The second kappa shape index (κ2) is 7.43. The third kappa shape index (κ3) is 4.31. The van der Waals surface area contributed by atoms with Gasteiger partial charge >= 0.3 is 0 Å². The van der Waals surface area contributed by atoms with Crippen LogP contribution in [0.25, 0.3) is 0 Å². The SMILES string of the molecule is Cc1[nH]nc(Cl)c1C(=O)N[C@@H]1CC[C@H](CNC(=O)C(C)(C)C(N)=O)C1. The Morgan fingerprint density at radius 1 is 1.36 bits per heavy atom. The fraction of sp³-hybridized carbons (Fsp3) is 0.625. The molecule has 25 heavy (non-hydrogen) atoms. The van der Waals surface area contributed by atoms with Gasteiger partial charge in [-0.1, -0.05) is 11.6 Å². The molecule has 0 spiro atoms. The van der Waals surface area contributed by atoms with Crippen molar-refractivity contribution in [3.8, 4) is 0 Å². The molecule has 2 rings (SSSR count). The van der Waals surface area contributed by atoms with E-state index in [0.717, 1.165) is 19.3 Å². The maximum atomic E-state index is 12.3. The van der Waals surface area contributed by atoms with E-state index in [-0.39, 0.29) is 28.9 Å². The summed E-state index contributed by atoms with van der Waals surface area (Å²) in [5.41, 5.74) is 4.99. The molecule has 1 aliphatic rings. The lowest BCUT2D eigenvalue weighted by Crippen LogP contribution is -2.46. The quantitative estimate of drug-likeness (QED) is 0.555.